The average Bonchev–Trinajstić information content (AvgIpc) is 2.47. The minimum absolute atomic E-state index is 0.134. The second kappa shape index (κ2) is 5.71. The quantitative estimate of drug-likeness (QED) is 0.628. The van der Waals surface area contributed by atoms with Crippen LogP contribution in [0.2, 0.25) is 0 Å². The van der Waals surface area contributed by atoms with Crippen LogP contribution in [0.15, 0.2) is 42.5 Å². The van der Waals surface area contributed by atoms with E-state index in [1.165, 1.54) is 25.3 Å². The van der Waals surface area contributed by atoms with Gasteiger partial charge in [0, 0.05) is 12.1 Å². The molecule has 0 heterocycles. The standard InChI is InChI=1S/C14H10N2O4/c1-19-12-3-2-4-13(8-12)20-14-7-11(16(17)18)6-5-10(14)9-15/h2-8H,1H3. The number of hydrogen-bond donors (Lipinski definition) is 0. The van der Waals surface area contributed by atoms with Crippen molar-refractivity contribution in [2.75, 3.05) is 7.11 Å². The largest absolute Gasteiger partial charge is 0.497 e. The van der Waals surface area contributed by atoms with Crippen LogP contribution in [0.4, 0.5) is 5.69 Å². The Kier molecular flexibility index (Phi) is 3.82. The first kappa shape index (κ1) is 13.4. The Hall–Kier alpha value is -3.07. The summed E-state index contributed by atoms with van der Waals surface area (Å²) in [5.41, 5.74) is 0.0836. The normalized spacial score (nSPS) is 9.60. The fourth-order valence-electron chi connectivity index (χ4n) is 1.59. The molecule has 0 radical (unpaired) electrons. The lowest BCUT2D eigenvalue weighted by Crippen LogP contribution is -1.93. The van der Waals surface area contributed by atoms with Gasteiger partial charge in [0.1, 0.15) is 17.6 Å². The molecule has 0 unspecified atom stereocenters. The highest BCUT2D eigenvalue weighted by Gasteiger charge is 2.12. The predicted octanol–water partition coefficient (Wildman–Crippen LogP) is 3.27. The summed E-state index contributed by atoms with van der Waals surface area (Å²) in [5.74, 6) is 1.16. The lowest BCUT2D eigenvalue weighted by molar-refractivity contribution is -0.384. The second-order valence-electron chi connectivity index (χ2n) is 3.83. The number of nitro benzene ring substituents is 1. The molecular formula is C14H10N2O4. The Morgan fingerprint density at radius 3 is 2.60 bits per heavy atom. The monoisotopic (exact) mass is 270 g/mol. The zero-order chi connectivity index (χ0) is 14.5. The molecule has 20 heavy (non-hydrogen) atoms. The number of non-ortho nitro benzene ring substituents is 1. The number of nitriles is 1. The van der Waals surface area contributed by atoms with Gasteiger partial charge < -0.3 is 9.47 Å². The van der Waals surface area contributed by atoms with E-state index in [9.17, 15) is 10.1 Å². The smallest absolute Gasteiger partial charge is 0.273 e. The minimum Gasteiger partial charge on any atom is -0.497 e. The van der Waals surface area contributed by atoms with Crippen molar-refractivity contribution < 1.29 is 14.4 Å². The molecule has 2 rings (SSSR count). The van der Waals surface area contributed by atoms with Crippen LogP contribution in [0.5, 0.6) is 17.2 Å². The number of hydrogen-bond acceptors (Lipinski definition) is 5. The number of benzene rings is 2. The van der Waals surface area contributed by atoms with Gasteiger partial charge in [-0.15, -0.1) is 0 Å². The Balaban J connectivity index is 2.38. The Labute approximate surface area is 114 Å². The van der Waals surface area contributed by atoms with Crippen LogP contribution in [-0.4, -0.2) is 12.0 Å². The summed E-state index contributed by atoms with van der Waals surface area (Å²) in [7, 11) is 1.52. The van der Waals surface area contributed by atoms with Crippen molar-refractivity contribution in [2.45, 2.75) is 0 Å². The summed E-state index contributed by atoms with van der Waals surface area (Å²) in [4.78, 5) is 10.2. The van der Waals surface area contributed by atoms with Gasteiger partial charge in [0.15, 0.2) is 5.75 Å². The Morgan fingerprint density at radius 1 is 1.20 bits per heavy atom. The van der Waals surface area contributed by atoms with E-state index in [0.717, 1.165) is 0 Å². The van der Waals surface area contributed by atoms with Crippen molar-refractivity contribution >= 4 is 5.69 Å². The van der Waals surface area contributed by atoms with Gasteiger partial charge in [-0.25, -0.2) is 0 Å². The van der Waals surface area contributed by atoms with E-state index in [4.69, 9.17) is 14.7 Å². The van der Waals surface area contributed by atoms with Crippen LogP contribution in [0.25, 0.3) is 0 Å². The molecule has 2 aromatic rings. The van der Waals surface area contributed by atoms with Crippen molar-refractivity contribution in [3.05, 3.63) is 58.1 Å². The number of nitrogens with zero attached hydrogens (tertiary/aromatic N) is 2. The van der Waals surface area contributed by atoms with Crippen molar-refractivity contribution in [1.82, 2.24) is 0 Å². The molecule has 6 nitrogen and oxygen atoms in total. The van der Waals surface area contributed by atoms with Gasteiger partial charge in [0.05, 0.1) is 23.7 Å². The molecule has 0 aliphatic rings. The van der Waals surface area contributed by atoms with Gasteiger partial charge in [0.25, 0.3) is 5.69 Å². The lowest BCUT2D eigenvalue weighted by atomic mass is 10.2. The van der Waals surface area contributed by atoms with Crippen molar-refractivity contribution in [3.63, 3.8) is 0 Å². The fraction of sp³-hybridized carbons (Fsp3) is 0.0714. The van der Waals surface area contributed by atoms with E-state index >= 15 is 0 Å². The molecular weight excluding hydrogens is 260 g/mol. The van der Waals surface area contributed by atoms with Gasteiger partial charge >= 0.3 is 0 Å². The van der Waals surface area contributed by atoms with Crippen molar-refractivity contribution in [3.8, 4) is 23.3 Å². The molecule has 0 amide bonds. The third kappa shape index (κ3) is 2.84. The first-order valence-corrected chi connectivity index (χ1v) is 5.64. The van der Waals surface area contributed by atoms with Gasteiger partial charge in [-0.05, 0) is 18.2 Å². The van der Waals surface area contributed by atoms with Crippen LogP contribution in [0, 0.1) is 21.4 Å². The Morgan fingerprint density at radius 2 is 1.95 bits per heavy atom. The molecule has 0 spiro atoms. The molecule has 0 fully saturated rings. The maximum atomic E-state index is 10.8. The summed E-state index contributed by atoms with van der Waals surface area (Å²) >= 11 is 0. The summed E-state index contributed by atoms with van der Waals surface area (Å²) < 4.78 is 10.6. The van der Waals surface area contributed by atoms with Gasteiger partial charge in [0.2, 0.25) is 0 Å². The second-order valence-corrected chi connectivity index (χ2v) is 3.83. The first-order chi connectivity index (χ1) is 9.63. The van der Waals surface area contributed by atoms with Gasteiger partial charge in [-0.2, -0.15) is 5.26 Å². The number of nitro groups is 1. The van der Waals surface area contributed by atoms with E-state index < -0.39 is 4.92 Å². The molecule has 0 saturated heterocycles. The highest BCUT2D eigenvalue weighted by molar-refractivity contribution is 5.52. The highest BCUT2D eigenvalue weighted by atomic mass is 16.6. The number of ether oxygens (including phenoxy) is 2. The highest BCUT2D eigenvalue weighted by Crippen LogP contribution is 2.30. The van der Waals surface area contributed by atoms with Gasteiger partial charge in [-0.3, -0.25) is 10.1 Å². The summed E-state index contributed by atoms with van der Waals surface area (Å²) in [6.07, 6.45) is 0. The summed E-state index contributed by atoms with van der Waals surface area (Å²) in [6.45, 7) is 0. The fourth-order valence-corrected chi connectivity index (χ4v) is 1.59. The topological polar surface area (TPSA) is 85.4 Å². The first-order valence-electron chi connectivity index (χ1n) is 5.64. The minimum atomic E-state index is -0.542. The van der Waals surface area contributed by atoms with E-state index in [1.54, 1.807) is 24.3 Å². The molecule has 100 valence electrons. The molecule has 0 bridgehead atoms. The third-order valence-electron chi connectivity index (χ3n) is 2.57. The third-order valence-corrected chi connectivity index (χ3v) is 2.57. The zero-order valence-electron chi connectivity index (χ0n) is 10.6. The van der Waals surface area contributed by atoms with E-state index in [-0.39, 0.29) is 17.0 Å². The van der Waals surface area contributed by atoms with E-state index in [2.05, 4.69) is 0 Å². The average molecular weight is 270 g/mol. The molecule has 6 heteroatoms. The molecule has 0 aromatic heterocycles. The SMILES string of the molecule is COc1cccc(Oc2cc([N+](=O)[O-])ccc2C#N)c1. The molecule has 0 saturated carbocycles. The zero-order valence-corrected chi connectivity index (χ0v) is 10.6. The van der Waals surface area contributed by atoms with Crippen LogP contribution in [0.1, 0.15) is 5.56 Å². The number of rotatable bonds is 4. The van der Waals surface area contributed by atoms with Crippen LogP contribution >= 0.6 is 0 Å². The summed E-state index contributed by atoms with van der Waals surface area (Å²) in [5, 5.41) is 19.8. The number of methoxy groups -OCH3 is 1. The van der Waals surface area contributed by atoms with E-state index in [0.29, 0.717) is 11.5 Å². The molecule has 0 aliphatic heterocycles. The Bertz CT molecular complexity index is 692. The molecule has 0 N–H and O–H groups in total. The van der Waals surface area contributed by atoms with Crippen LogP contribution in [0.3, 0.4) is 0 Å². The predicted molar refractivity (Wildman–Crippen MR) is 70.9 cm³/mol. The molecule has 2 aromatic carbocycles. The van der Waals surface area contributed by atoms with Gasteiger partial charge in [-0.1, -0.05) is 6.07 Å². The molecule has 0 aliphatic carbocycles. The van der Waals surface area contributed by atoms with E-state index in [1.807, 2.05) is 6.07 Å². The van der Waals surface area contributed by atoms with Crippen molar-refractivity contribution in [2.24, 2.45) is 0 Å². The van der Waals surface area contributed by atoms with Crippen LogP contribution in [-0.2, 0) is 0 Å². The lowest BCUT2D eigenvalue weighted by Gasteiger charge is -2.08. The van der Waals surface area contributed by atoms with Crippen LogP contribution < -0.4 is 9.47 Å². The summed E-state index contributed by atoms with van der Waals surface area (Å²) in [6, 6.07) is 12.5. The maximum Gasteiger partial charge on any atom is 0.273 e. The maximum absolute atomic E-state index is 10.8. The molecule has 0 atom stereocenters. The van der Waals surface area contributed by atoms with Crippen molar-refractivity contribution in [1.29, 1.82) is 5.26 Å².